The Labute approximate surface area is 357 Å². The van der Waals surface area contributed by atoms with E-state index in [1.165, 1.54) is 0 Å². The van der Waals surface area contributed by atoms with Gasteiger partial charge in [-0.25, -0.2) is 0 Å². The second kappa shape index (κ2) is 18.4. The van der Waals surface area contributed by atoms with Gasteiger partial charge in [0.1, 0.15) is 0 Å². The summed E-state index contributed by atoms with van der Waals surface area (Å²) in [5.74, 6) is 0. The van der Waals surface area contributed by atoms with Crippen molar-refractivity contribution in [2.24, 2.45) is 0 Å². The van der Waals surface area contributed by atoms with Gasteiger partial charge in [0, 0.05) is 85.3 Å². The minimum Gasteiger partial charge on any atom is -0.356 e. The molecule has 0 radical (unpaired) electrons. The maximum atomic E-state index is 3.56. The number of nitrogens with one attached hydrogen (secondary N) is 6. The van der Waals surface area contributed by atoms with Crippen LogP contribution in [0.5, 0.6) is 0 Å². The van der Waals surface area contributed by atoms with E-state index in [-0.39, 0.29) is 0 Å². The molecule has 0 amide bonds. The Morgan fingerprint density at radius 1 is 0.164 bits per heavy atom. The summed E-state index contributed by atoms with van der Waals surface area (Å²) in [4.78, 5) is 2.27. The van der Waals surface area contributed by atoms with Gasteiger partial charge in [-0.1, -0.05) is 54.6 Å². The monoisotopic (exact) mass is 791 g/mol. The minimum absolute atomic E-state index is 1.00. The lowest BCUT2D eigenvalue weighted by Gasteiger charge is -2.26. The molecule has 0 aliphatic carbocycles. The van der Waals surface area contributed by atoms with Gasteiger partial charge < -0.3 is 36.8 Å². The van der Waals surface area contributed by atoms with Gasteiger partial charge in [0.15, 0.2) is 0 Å². The van der Waals surface area contributed by atoms with Crippen LogP contribution in [0.1, 0.15) is 0 Å². The molecule has 9 aromatic rings. The average molecular weight is 792 g/mol. The lowest BCUT2D eigenvalue weighted by molar-refractivity contribution is 1.28. The summed E-state index contributed by atoms with van der Waals surface area (Å²) in [7, 11) is 0. The summed E-state index contributed by atoms with van der Waals surface area (Å²) in [6, 6.07) is 81.2. The fourth-order valence-corrected chi connectivity index (χ4v) is 7.00. The molecule has 0 aromatic heterocycles. The highest BCUT2D eigenvalue weighted by Crippen LogP contribution is 2.37. The molecule has 296 valence electrons. The molecule has 6 N–H and O–H groups in total. The molecule has 0 saturated heterocycles. The second-order valence-electron chi connectivity index (χ2n) is 14.6. The van der Waals surface area contributed by atoms with Crippen molar-refractivity contribution in [2.75, 3.05) is 36.8 Å². The predicted octanol–water partition coefficient (Wildman–Crippen LogP) is 15.6. The zero-order valence-electron chi connectivity index (χ0n) is 33.5. The first kappa shape index (κ1) is 38.1. The number of para-hydroxylation sites is 3. The quantitative estimate of drug-likeness (QED) is 0.0618. The second-order valence-corrected chi connectivity index (χ2v) is 14.6. The number of benzene rings is 9. The van der Waals surface area contributed by atoms with Crippen molar-refractivity contribution >= 4 is 85.3 Å². The summed E-state index contributed by atoms with van der Waals surface area (Å²) in [6.45, 7) is 0. The van der Waals surface area contributed by atoms with Crippen molar-refractivity contribution in [1.82, 2.24) is 0 Å². The van der Waals surface area contributed by atoms with Crippen LogP contribution in [0.2, 0.25) is 0 Å². The molecule has 0 bridgehead atoms. The molecule has 0 unspecified atom stereocenters. The number of anilines is 15. The van der Waals surface area contributed by atoms with Crippen molar-refractivity contribution in [3.63, 3.8) is 0 Å². The first-order valence-electron chi connectivity index (χ1n) is 20.3. The standard InChI is InChI=1S/C54H45N7/c1-4-10-40(11-5-1)55-43-16-22-46(23-17-43)58-49-28-34-52(35-29-49)61(53-36-30-50(31-37-53)59-47-24-18-44(19-25-47)56-41-12-6-2-7-13-41)54-38-32-51(33-39-54)60-48-26-20-45(21-27-48)57-42-14-8-3-9-15-42/h1-39,55-60H. The zero-order chi connectivity index (χ0) is 41.1. The largest absolute Gasteiger partial charge is 0.356 e. The van der Waals surface area contributed by atoms with E-state index in [0.29, 0.717) is 0 Å². The van der Waals surface area contributed by atoms with Crippen LogP contribution in [0.25, 0.3) is 0 Å². The molecule has 0 fully saturated rings. The van der Waals surface area contributed by atoms with Crippen LogP contribution in [-0.2, 0) is 0 Å². The normalized spacial score (nSPS) is 10.6. The van der Waals surface area contributed by atoms with Crippen LogP contribution >= 0.6 is 0 Å². The van der Waals surface area contributed by atoms with Gasteiger partial charge in [-0.3, -0.25) is 0 Å². The van der Waals surface area contributed by atoms with E-state index in [2.05, 4.69) is 219 Å². The van der Waals surface area contributed by atoms with E-state index in [1.54, 1.807) is 0 Å². The van der Waals surface area contributed by atoms with Crippen LogP contribution in [0.4, 0.5) is 85.3 Å². The van der Waals surface area contributed by atoms with E-state index < -0.39 is 0 Å². The molecule has 0 saturated carbocycles. The van der Waals surface area contributed by atoms with Crippen LogP contribution in [0, 0.1) is 0 Å². The smallest absolute Gasteiger partial charge is 0.0463 e. The SMILES string of the molecule is c1ccc(Nc2ccc(Nc3ccc(N(c4ccc(Nc5ccc(Nc6ccccc6)cc5)cc4)c4ccc(Nc5ccc(Nc6ccccc6)cc5)cc4)cc3)cc2)cc1. The molecule has 0 atom stereocenters. The topological polar surface area (TPSA) is 75.4 Å². The number of nitrogens with zero attached hydrogens (tertiary/aromatic N) is 1. The molecule has 0 heterocycles. The molecule has 9 rings (SSSR count). The minimum atomic E-state index is 1.00. The van der Waals surface area contributed by atoms with Gasteiger partial charge in [0.25, 0.3) is 0 Å². The van der Waals surface area contributed by atoms with Crippen molar-refractivity contribution in [3.8, 4) is 0 Å². The summed E-state index contributed by atoms with van der Waals surface area (Å²) < 4.78 is 0. The molecule has 0 spiro atoms. The van der Waals surface area contributed by atoms with Gasteiger partial charge in [0.05, 0.1) is 0 Å². The predicted molar refractivity (Wildman–Crippen MR) is 259 cm³/mol. The summed E-state index contributed by atoms with van der Waals surface area (Å²) in [5.41, 5.74) is 15.4. The Balaban J connectivity index is 0.913. The summed E-state index contributed by atoms with van der Waals surface area (Å²) in [5, 5.41) is 21.0. The summed E-state index contributed by atoms with van der Waals surface area (Å²) in [6.07, 6.45) is 0. The van der Waals surface area contributed by atoms with E-state index in [9.17, 15) is 0 Å². The van der Waals surface area contributed by atoms with Crippen molar-refractivity contribution in [3.05, 3.63) is 237 Å². The first-order valence-corrected chi connectivity index (χ1v) is 20.3. The highest BCUT2D eigenvalue weighted by atomic mass is 15.1. The van der Waals surface area contributed by atoms with Gasteiger partial charge in [-0.05, 0) is 182 Å². The number of rotatable bonds is 15. The highest BCUT2D eigenvalue weighted by molar-refractivity contribution is 5.80. The Hall–Kier alpha value is -8.42. The van der Waals surface area contributed by atoms with Crippen molar-refractivity contribution in [2.45, 2.75) is 0 Å². The fourth-order valence-electron chi connectivity index (χ4n) is 7.00. The molecule has 0 aliphatic heterocycles. The molecular weight excluding hydrogens is 747 g/mol. The fraction of sp³-hybridized carbons (Fsp3) is 0. The van der Waals surface area contributed by atoms with Gasteiger partial charge >= 0.3 is 0 Å². The van der Waals surface area contributed by atoms with Crippen LogP contribution in [0.3, 0.4) is 0 Å². The third-order valence-electron chi connectivity index (χ3n) is 10.1. The van der Waals surface area contributed by atoms with Crippen LogP contribution in [-0.4, -0.2) is 0 Å². The molecule has 9 aromatic carbocycles. The third-order valence-corrected chi connectivity index (χ3v) is 10.1. The Bertz CT molecular complexity index is 2420. The maximum Gasteiger partial charge on any atom is 0.0463 e. The van der Waals surface area contributed by atoms with E-state index in [1.807, 2.05) is 54.6 Å². The Kier molecular flexibility index (Phi) is 11.5. The average Bonchev–Trinajstić information content (AvgIpc) is 3.31. The van der Waals surface area contributed by atoms with Gasteiger partial charge in [-0.2, -0.15) is 0 Å². The maximum absolute atomic E-state index is 3.56. The van der Waals surface area contributed by atoms with Gasteiger partial charge in [-0.15, -0.1) is 0 Å². The lowest BCUT2D eigenvalue weighted by Crippen LogP contribution is -2.10. The third kappa shape index (κ3) is 10.2. The molecule has 0 aliphatic rings. The Morgan fingerprint density at radius 3 is 0.492 bits per heavy atom. The first-order chi connectivity index (χ1) is 30.1. The van der Waals surface area contributed by atoms with E-state index in [4.69, 9.17) is 0 Å². The van der Waals surface area contributed by atoms with Crippen molar-refractivity contribution in [1.29, 1.82) is 0 Å². The lowest BCUT2D eigenvalue weighted by atomic mass is 10.1. The summed E-state index contributed by atoms with van der Waals surface area (Å²) >= 11 is 0. The van der Waals surface area contributed by atoms with Gasteiger partial charge in [0.2, 0.25) is 0 Å². The van der Waals surface area contributed by atoms with Crippen LogP contribution in [0.15, 0.2) is 237 Å². The molecular formula is C54H45N7. The highest BCUT2D eigenvalue weighted by Gasteiger charge is 2.14. The van der Waals surface area contributed by atoms with Crippen molar-refractivity contribution < 1.29 is 0 Å². The van der Waals surface area contributed by atoms with E-state index in [0.717, 1.165) is 85.3 Å². The molecule has 7 heteroatoms. The number of hydrogen-bond donors (Lipinski definition) is 6. The molecule has 61 heavy (non-hydrogen) atoms. The number of hydrogen-bond acceptors (Lipinski definition) is 7. The van der Waals surface area contributed by atoms with Crippen LogP contribution < -0.4 is 36.8 Å². The van der Waals surface area contributed by atoms with E-state index >= 15 is 0 Å². The Morgan fingerprint density at radius 2 is 0.311 bits per heavy atom. The zero-order valence-corrected chi connectivity index (χ0v) is 33.5. The molecule has 7 nitrogen and oxygen atoms in total.